The summed E-state index contributed by atoms with van der Waals surface area (Å²) in [5.41, 5.74) is 8.15. The van der Waals surface area contributed by atoms with E-state index < -0.39 is 0 Å². The first-order valence-electron chi connectivity index (χ1n) is 7.18. The highest BCUT2D eigenvalue weighted by Gasteiger charge is 2.12. The Balaban J connectivity index is 2.19. The van der Waals surface area contributed by atoms with Crippen molar-refractivity contribution >= 4 is 23.3 Å². The van der Waals surface area contributed by atoms with E-state index in [4.69, 9.17) is 5.73 Å². The number of aromatic nitrogens is 2. The molecule has 2 aromatic rings. The average Bonchev–Trinajstić information content (AvgIpc) is 2.49. The highest BCUT2D eigenvalue weighted by Crippen LogP contribution is 2.34. The summed E-state index contributed by atoms with van der Waals surface area (Å²) in [6.07, 6.45) is 3.87. The second-order valence-corrected chi connectivity index (χ2v) is 6.17. The second kappa shape index (κ2) is 7.31. The van der Waals surface area contributed by atoms with Gasteiger partial charge in [0.25, 0.3) is 0 Å². The van der Waals surface area contributed by atoms with Crippen LogP contribution in [0.5, 0.6) is 0 Å². The third-order valence-corrected chi connectivity index (χ3v) is 4.30. The van der Waals surface area contributed by atoms with E-state index in [-0.39, 0.29) is 0 Å². The van der Waals surface area contributed by atoms with Crippen molar-refractivity contribution in [2.45, 2.75) is 36.6 Å². The summed E-state index contributed by atoms with van der Waals surface area (Å²) in [5.74, 6) is 0.813. The summed E-state index contributed by atoms with van der Waals surface area (Å²) in [7, 11) is 2.02. The quantitative estimate of drug-likeness (QED) is 0.823. The first-order valence-corrected chi connectivity index (χ1v) is 7.99. The predicted octanol–water partition coefficient (Wildman–Crippen LogP) is 3.75. The molecule has 0 spiro atoms. The van der Waals surface area contributed by atoms with Crippen LogP contribution in [0, 0.1) is 6.92 Å². The van der Waals surface area contributed by atoms with Gasteiger partial charge in [0.15, 0.2) is 5.82 Å². The Hall–Kier alpha value is -1.75. The fourth-order valence-electron chi connectivity index (χ4n) is 1.98. The maximum atomic E-state index is 6.25. The van der Waals surface area contributed by atoms with Gasteiger partial charge in [-0.1, -0.05) is 42.8 Å². The summed E-state index contributed by atoms with van der Waals surface area (Å²) in [6, 6.07) is 8.35. The zero-order valence-electron chi connectivity index (χ0n) is 12.8. The van der Waals surface area contributed by atoms with Gasteiger partial charge in [0, 0.05) is 18.5 Å². The van der Waals surface area contributed by atoms with Crippen molar-refractivity contribution in [2.75, 3.05) is 24.2 Å². The zero-order valence-corrected chi connectivity index (χ0v) is 13.7. The molecule has 0 radical (unpaired) electrons. The molecule has 0 unspecified atom stereocenters. The smallest absolute Gasteiger partial charge is 0.156 e. The lowest BCUT2D eigenvalue weighted by Gasteiger charge is -2.20. The summed E-state index contributed by atoms with van der Waals surface area (Å²) in [5, 5.41) is 0.812. The molecule has 0 aliphatic carbocycles. The molecule has 0 saturated heterocycles. The van der Waals surface area contributed by atoms with Crippen LogP contribution < -0.4 is 10.6 Å². The van der Waals surface area contributed by atoms with Gasteiger partial charge >= 0.3 is 0 Å². The number of nitrogen functional groups attached to an aromatic ring is 1. The van der Waals surface area contributed by atoms with E-state index in [0.29, 0.717) is 5.69 Å². The van der Waals surface area contributed by atoms with Gasteiger partial charge in [0.05, 0.1) is 0 Å². The first-order chi connectivity index (χ1) is 10.1. The van der Waals surface area contributed by atoms with Gasteiger partial charge in [-0.2, -0.15) is 0 Å². The number of hydrogen-bond donors (Lipinski definition) is 1. The van der Waals surface area contributed by atoms with E-state index in [1.807, 2.05) is 7.05 Å². The van der Waals surface area contributed by atoms with Crippen LogP contribution in [0.3, 0.4) is 0 Å². The van der Waals surface area contributed by atoms with Crippen LogP contribution in [0.25, 0.3) is 0 Å². The Kier molecular flexibility index (Phi) is 5.44. The molecule has 1 aromatic carbocycles. The lowest BCUT2D eigenvalue weighted by atomic mass is 10.2. The second-order valence-electron chi connectivity index (χ2n) is 5.11. The van der Waals surface area contributed by atoms with Crippen molar-refractivity contribution in [3.05, 3.63) is 36.2 Å². The highest BCUT2D eigenvalue weighted by atomic mass is 32.2. The molecule has 0 fully saturated rings. The lowest BCUT2D eigenvalue weighted by molar-refractivity contribution is 0.757. The Morgan fingerprint density at radius 3 is 2.57 bits per heavy atom. The lowest BCUT2D eigenvalue weighted by Crippen LogP contribution is -2.21. The van der Waals surface area contributed by atoms with Crippen molar-refractivity contribution in [1.29, 1.82) is 0 Å². The van der Waals surface area contributed by atoms with Crippen molar-refractivity contribution in [3.8, 4) is 0 Å². The van der Waals surface area contributed by atoms with Crippen LogP contribution in [0.1, 0.15) is 25.3 Å². The van der Waals surface area contributed by atoms with Crippen LogP contribution in [0.4, 0.5) is 11.5 Å². The van der Waals surface area contributed by atoms with Crippen LogP contribution in [0.2, 0.25) is 0 Å². The number of rotatable bonds is 6. The van der Waals surface area contributed by atoms with Gasteiger partial charge < -0.3 is 10.6 Å². The zero-order chi connectivity index (χ0) is 15.2. The van der Waals surface area contributed by atoms with Crippen molar-refractivity contribution in [1.82, 2.24) is 9.97 Å². The molecule has 112 valence electrons. The minimum atomic E-state index is 0.654. The Morgan fingerprint density at radius 2 is 1.90 bits per heavy atom. The van der Waals surface area contributed by atoms with Gasteiger partial charge in [-0.05, 0) is 25.5 Å². The van der Waals surface area contributed by atoms with E-state index in [1.54, 1.807) is 18.1 Å². The van der Waals surface area contributed by atoms with Gasteiger partial charge in [0.2, 0.25) is 0 Å². The molecule has 0 aliphatic heterocycles. The van der Waals surface area contributed by atoms with E-state index in [2.05, 4.69) is 53.0 Å². The van der Waals surface area contributed by atoms with Gasteiger partial charge in [-0.15, -0.1) is 0 Å². The third-order valence-electron chi connectivity index (χ3n) is 3.27. The molecular formula is C16H22N4S. The number of benzene rings is 1. The summed E-state index contributed by atoms with van der Waals surface area (Å²) < 4.78 is 0. The maximum Gasteiger partial charge on any atom is 0.156 e. The van der Waals surface area contributed by atoms with Crippen molar-refractivity contribution < 1.29 is 0 Å². The molecule has 0 amide bonds. The Bertz CT molecular complexity index is 583. The third kappa shape index (κ3) is 4.11. The van der Waals surface area contributed by atoms with Gasteiger partial charge in [-0.25, -0.2) is 9.97 Å². The summed E-state index contributed by atoms with van der Waals surface area (Å²) in [4.78, 5) is 11.9. The van der Waals surface area contributed by atoms with Gasteiger partial charge in [-0.3, -0.25) is 0 Å². The number of anilines is 2. The van der Waals surface area contributed by atoms with Gasteiger partial charge in [0.1, 0.15) is 17.0 Å². The molecule has 0 bridgehead atoms. The Morgan fingerprint density at radius 1 is 1.19 bits per heavy atom. The molecule has 1 heterocycles. The predicted molar refractivity (Wildman–Crippen MR) is 89.9 cm³/mol. The van der Waals surface area contributed by atoms with E-state index in [9.17, 15) is 0 Å². The molecule has 0 atom stereocenters. The highest BCUT2D eigenvalue weighted by molar-refractivity contribution is 7.99. The largest absolute Gasteiger partial charge is 0.394 e. The number of nitrogens with zero attached hydrogens (tertiary/aromatic N) is 3. The van der Waals surface area contributed by atoms with Crippen molar-refractivity contribution in [3.63, 3.8) is 0 Å². The molecule has 0 aliphatic rings. The van der Waals surface area contributed by atoms with E-state index in [0.717, 1.165) is 35.1 Å². The fourth-order valence-corrected chi connectivity index (χ4v) is 2.77. The van der Waals surface area contributed by atoms with Crippen LogP contribution in [-0.2, 0) is 0 Å². The average molecular weight is 302 g/mol. The minimum Gasteiger partial charge on any atom is -0.394 e. The number of hydrogen-bond acceptors (Lipinski definition) is 5. The fraction of sp³-hybridized carbons (Fsp3) is 0.375. The van der Waals surface area contributed by atoms with Crippen LogP contribution >= 0.6 is 11.8 Å². The molecule has 1 aromatic heterocycles. The van der Waals surface area contributed by atoms with E-state index >= 15 is 0 Å². The molecular weight excluding hydrogens is 280 g/mol. The maximum absolute atomic E-state index is 6.25. The Labute approximate surface area is 130 Å². The molecule has 4 nitrogen and oxygen atoms in total. The normalized spacial score (nSPS) is 10.6. The number of unbranched alkanes of at least 4 members (excludes halogenated alkanes) is 1. The molecule has 21 heavy (non-hydrogen) atoms. The summed E-state index contributed by atoms with van der Waals surface area (Å²) in [6.45, 7) is 5.20. The van der Waals surface area contributed by atoms with Crippen LogP contribution in [-0.4, -0.2) is 23.6 Å². The number of nitrogens with two attached hydrogens (primary N) is 1. The molecule has 5 heteroatoms. The monoisotopic (exact) mass is 302 g/mol. The van der Waals surface area contributed by atoms with Crippen molar-refractivity contribution in [2.24, 2.45) is 0 Å². The first kappa shape index (κ1) is 15.6. The molecule has 2 rings (SSSR count). The standard InChI is InChI=1S/C16H22N4S/c1-4-5-10-20(3)15-14(17)16(19-11-18-15)21-13-8-6-12(2)7-9-13/h6-9,11H,4-5,10,17H2,1-3H3. The SMILES string of the molecule is CCCCN(C)c1ncnc(Sc2ccc(C)cc2)c1N. The topological polar surface area (TPSA) is 55.0 Å². The summed E-state index contributed by atoms with van der Waals surface area (Å²) >= 11 is 1.58. The van der Waals surface area contributed by atoms with E-state index in [1.165, 1.54) is 5.56 Å². The number of aryl methyl sites for hydroxylation is 1. The van der Waals surface area contributed by atoms with Crippen LogP contribution in [0.15, 0.2) is 40.5 Å². The minimum absolute atomic E-state index is 0.654. The molecule has 2 N–H and O–H groups in total. The molecule has 0 saturated carbocycles.